The number of hydrogen-bond acceptors (Lipinski definition) is 4. The van der Waals surface area contributed by atoms with Gasteiger partial charge in [-0.15, -0.1) is 0 Å². The summed E-state index contributed by atoms with van der Waals surface area (Å²) in [5.74, 6) is 0. The van der Waals surface area contributed by atoms with Crippen molar-refractivity contribution in [3.05, 3.63) is 34.9 Å². The molecule has 1 atom stereocenters. The first-order valence-corrected chi connectivity index (χ1v) is 9.39. The Bertz CT molecular complexity index is 586. The van der Waals surface area contributed by atoms with Crippen molar-refractivity contribution in [2.75, 3.05) is 32.8 Å². The summed E-state index contributed by atoms with van der Waals surface area (Å²) in [6.07, 6.45) is 0. The molecule has 1 fully saturated rings. The molecule has 0 amide bonds. The largest absolute Gasteiger partial charge is 0.379 e. The first-order valence-electron chi connectivity index (χ1n) is 7.46. The van der Waals surface area contributed by atoms with Crippen molar-refractivity contribution in [3.8, 4) is 0 Å². The summed E-state index contributed by atoms with van der Waals surface area (Å²) in [7, 11) is -3.30. The Kier molecular flexibility index (Phi) is 6.23. The molecule has 1 heterocycles. The molecular formula is C15H23ClN2O3S. The molecule has 0 spiro atoms. The zero-order valence-electron chi connectivity index (χ0n) is 13.0. The minimum absolute atomic E-state index is 0.0916. The number of sulfonamides is 1. The van der Waals surface area contributed by atoms with Crippen LogP contribution >= 0.6 is 11.6 Å². The Morgan fingerprint density at radius 3 is 2.50 bits per heavy atom. The van der Waals surface area contributed by atoms with Crippen LogP contribution in [0.15, 0.2) is 24.3 Å². The fraction of sp³-hybridized carbons (Fsp3) is 0.600. The lowest BCUT2D eigenvalue weighted by molar-refractivity contribution is 0.0172. The highest BCUT2D eigenvalue weighted by molar-refractivity contribution is 7.90. The molecule has 5 nitrogen and oxygen atoms in total. The molecule has 1 aliphatic rings. The Hall–Kier alpha value is -0.660. The maximum Gasteiger partial charge on any atom is 0.213 e. The summed E-state index contributed by atoms with van der Waals surface area (Å²) in [6, 6.07) is 7.49. The van der Waals surface area contributed by atoms with Crippen molar-refractivity contribution in [1.29, 1.82) is 0 Å². The van der Waals surface area contributed by atoms with E-state index in [0.29, 0.717) is 24.8 Å². The third kappa shape index (κ3) is 4.43. The van der Waals surface area contributed by atoms with E-state index in [2.05, 4.69) is 9.62 Å². The first kappa shape index (κ1) is 17.7. The minimum atomic E-state index is -3.30. The van der Waals surface area contributed by atoms with Crippen LogP contribution in [-0.4, -0.2) is 51.4 Å². The van der Waals surface area contributed by atoms with E-state index in [4.69, 9.17) is 16.3 Å². The summed E-state index contributed by atoms with van der Waals surface area (Å²) in [6.45, 7) is 6.47. The third-order valence-electron chi connectivity index (χ3n) is 3.85. The van der Waals surface area contributed by atoms with E-state index in [-0.39, 0.29) is 6.04 Å². The molecule has 0 unspecified atom stereocenters. The Labute approximate surface area is 137 Å². The fourth-order valence-electron chi connectivity index (χ4n) is 2.43. The zero-order valence-corrected chi connectivity index (χ0v) is 14.5. The Balaban J connectivity index is 2.20. The van der Waals surface area contributed by atoms with Crippen molar-refractivity contribution in [1.82, 2.24) is 9.62 Å². The highest BCUT2D eigenvalue weighted by Gasteiger charge is 2.26. The van der Waals surface area contributed by atoms with Crippen molar-refractivity contribution < 1.29 is 13.2 Å². The maximum atomic E-state index is 12.0. The summed E-state index contributed by atoms with van der Waals surface area (Å²) < 4.78 is 32.2. The van der Waals surface area contributed by atoms with Gasteiger partial charge in [0.25, 0.3) is 0 Å². The highest BCUT2D eigenvalue weighted by atomic mass is 35.5. The Morgan fingerprint density at radius 1 is 1.27 bits per heavy atom. The van der Waals surface area contributed by atoms with Crippen molar-refractivity contribution in [2.45, 2.75) is 25.1 Å². The summed E-state index contributed by atoms with van der Waals surface area (Å²) in [5, 5.41) is 0.201. The smallest absolute Gasteiger partial charge is 0.213 e. The number of benzene rings is 1. The number of ether oxygens (including phenoxy) is 1. The zero-order chi connectivity index (χ0) is 16.2. The lowest BCUT2D eigenvalue weighted by Gasteiger charge is -2.35. The van der Waals surface area contributed by atoms with E-state index in [1.54, 1.807) is 13.8 Å². The number of nitrogens with one attached hydrogen (secondary N) is 1. The molecule has 1 saturated heterocycles. The predicted molar refractivity (Wildman–Crippen MR) is 88.6 cm³/mol. The van der Waals surface area contributed by atoms with Crippen LogP contribution in [0.25, 0.3) is 0 Å². The predicted octanol–water partition coefficient (Wildman–Crippen LogP) is 2.04. The molecule has 2 rings (SSSR count). The topological polar surface area (TPSA) is 58.6 Å². The van der Waals surface area contributed by atoms with Crippen LogP contribution in [-0.2, 0) is 14.8 Å². The van der Waals surface area contributed by atoms with Crippen LogP contribution in [0.4, 0.5) is 0 Å². The van der Waals surface area contributed by atoms with Crippen LogP contribution in [0.2, 0.25) is 5.02 Å². The van der Waals surface area contributed by atoms with Gasteiger partial charge in [-0.25, -0.2) is 13.1 Å². The molecule has 0 aliphatic carbocycles. The number of halogens is 1. The molecule has 124 valence electrons. The summed E-state index contributed by atoms with van der Waals surface area (Å²) in [4.78, 5) is 2.22. The number of rotatable bonds is 6. The van der Waals surface area contributed by atoms with E-state index >= 15 is 0 Å². The van der Waals surface area contributed by atoms with Crippen molar-refractivity contribution in [3.63, 3.8) is 0 Å². The lowest BCUT2D eigenvalue weighted by Crippen LogP contribution is -2.44. The second-order valence-electron chi connectivity index (χ2n) is 5.63. The van der Waals surface area contributed by atoms with Crippen LogP contribution < -0.4 is 4.72 Å². The van der Waals surface area contributed by atoms with E-state index in [1.807, 2.05) is 24.3 Å². The SMILES string of the molecule is CC(C)S(=O)(=O)NC[C@H](c1ccccc1Cl)N1CCOCC1. The number of morpholine rings is 1. The number of hydrogen-bond donors (Lipinski definition) is 1. The van der Waals surface area contributed by atoms with E-state index in [9.17, 15) is 8.42 Å². The molecule has 1 aromatic carbocycles. The van der Waals surface area contributed by atoms with Gasteiger partial charge in [0.2, 0.25) is 10.0 Å². The fourth-order valence-corrected chi connectivity index (χ4v) is 3.42. The molecule has 0 saturated carbocycles. The first-order chi connectivity index (χ1) is 10.4. The molecule has 1 aliphatic heterocycles. The van der Waals surface area contributed by atoms with E-state index in [1.165, 1.54) is 0 Å². The van der Waals surface area contributed by atoms with Gasteiger partial charge in [0.15, 0.2) is 0 Å². The highest BCUT2D eigenvalue weighted by Crippen LogP contribution is 2.28. The summed E-state index contributed by atoms with van der Waals surface area (Å²) in [5.41, 5.74) is 0.942. The second-order valence-corrected chi connectivity index (χ2v) is 8.36. The average molecular weight is 347 g/mol. The molecule has 7 heteroatoms. The molecule has 0 bridgehead atoms. The van der Waals surface area contributed by atoms with Gasteiger partial charge in [-0.3, -0.25) is 4.90 Å². The second kappa shape index (κ2) is 7.75. The molecule has 1 aromatic rings. The van der Waals surface area contributed by atoms with Crippen LogP contribution in [0, 0.1) is 0 Å². The molecule has 22 heavy (non-hydrogen) atoms. The summed E-state index contributed by atoms with van der Waals surface area (Å²) >= 11 is 6.32. The quantitative estimate of drug-likeness (QED) is 0.856. The van der Waals surface area contributed by atoms with E-state index in [0.717, 1.165) is 18.7 Å². The van der Waals surface area contributed by atoms with Gasteiger partial charge < -0.3 is 4.74 Å². The minimum Gasteiger partial charge on any atom is -0.379 e. The van der Waals surface area contributed by atoms with Crippen LogP contribution in [0.3, 0.4) is 0 Å². The van der Waals surface area contributed by atoms with Crippen LogP contribution in [0.5, 0.6) is 0 Å². The van der Waals surface area contributed by atoms with Crippen molar-refractivity contribution in [2.24, 2.45) is 0 Å². The van der Waals surface area contributed by atoms with Crippen molar-refractivity contribution >= 4 is 21.6 Å². The standard InChI is InChI=1S/C15H23ClN2O3S/c1-12(2)22(19,20)17-11-15(18-7-9-21-10-8-18)13-5-3-4-6-14(13)16/h3-6,12,15,17H,7-11H2,1-2H3/t15-/m1/s1. The van der Waals surface area contributed by atoms with Gasteiger partial charge in [0.05, 0.1) is 18.5 Å². The van der Waals surface area contributed by atoms with Gasteiger partial charge in [-0.1, -0.05) is 29.8 Å². The number of nitrogens with zero attached hydrogens (tertiary/aromatic N) is 1. The van der Waals surface area contributed by atoms with Gasteiger partial charge in [-0.05, 0) is 25.5 Å². The van der Waals surface area contributed by atoms with Gasteiger partial charge >= 0.3 is 0 Å². The van der Waals surface area contributed by atoms with Crippen LogP contribution in [0.1, 0.15) is 25.5 Å². The molecule has 0 radical (unpaired) electrons. The molecule has 0 aromatic heterocycles. The third-order valence-corrected chi connectivity index (χ3v) is 6.00. The van der Waals surface area contributed by atoms with Gasteiger partial charge in [-0.2, -0.15) is 0 Å². The molecular weight excluding hydrogens is 324 g/mol. The molecule has 1 N–H and O–H groups in total. The van der Waals surface area contributed by atoms with Gasteiger partial charge in [0, 0.05) is 30.7 Å². The monoisotopic (exact) mass is 346 g/mol. The van der Waals surface area contributed by atoms with Gasteiger partial charge in [0.1, 0.15) is 0 Å². The lowest BCUT2D eigenvalue weighted by atomic mass is 10.0. The van der Waals surface area contributed by atoms with E-state index < -0.39 is 15.3 Å². The maximum absolute atomic E-state index is 12.0. The normalized spacial score (nSPS) is 18.5. The average Bonchev–Trinajstić information content (AvgIpc) is 2.50. The Morgan fingerprint density at radius 2 is 1.91 bits per heavy atom.